The van der Waals surface area contributed by atoms with Gasteiger partial charge in [-0.3, -0.25) is 9.59 Å². The lowest BCUT2D eigenvalue weighted by Crippen LogP contribution is -2.41. The van der Waals surface area contributed by atoms with Gasteiger partial charge in [0.15, 0.2) is 12.2 Å². The molecule has 2 saturated heterocycles. The maximum atomic E-state index is 11.7. The molecule has 0 aromatic heterocycles. The molecule has 0 bridgehead atoms. The van der Waals surface area contributed by atoms with E-state index >= 15 is 0 Å². The molecule has 0 spiro atoms. The fraction of sp³-hybridized carbons (Fsp3) is 0.857. The van der Waals surface area contributed by atoms with Gasteiger partial charge in [-0.1, -0.05) is 13.8 Å². The highest BCUT2D eigenvalue weighted by atomic mass is 16.7. The standard InChI is InChI=1S/C14H24N2O6/c1-3-7(15)13(17)21-9-5-19-12-10(6-20-11(9)12)22-14(18)8(16)4-2/h7-12H,3-6,15-16H2,1-2H3/t7?,8?,9-,10+,11?,12?. The van der Waals surface area contributed by atoms with Crippen molar-refractivity contribution in [3.63, 3.8) is 0 Å². The van der Waals surface area contributed by atoms with E-state index in [0.29, 0.717) is 12.8 Å². The van der Waals surface area contributed by atoms with Gasteiger partial charge in [-0.05, 0) is 12.8 Å². The van der Waals surface area contributed by atoms with E-state index in [9.17, 15) is 9.59 Å². The summed E-state index contributed by atoms with van der Waals surface area (Å²) in [4.78, 5) is 23.5. The Hall–Kier alpha value is -1.22. The quantitative estimate of drug-likeness (QED) is 0.603. The Bertz CT molecular complexity index is 380. The van der Waals surface area contributed by atoms with Gasteiger partial charge in [0.05, 0.1) is 13.2 Å². The number of carbonyl (C=O) groups is 2. The van der Waals surface area contributed by atoms with E-state index in [1.54, 1.807) is 13.8 Å². The minimum atomic E-state index is -0.656. The monoisotopic (exact) mass is 316 g/mol. The first-order chi connectivity index (χ1) is 10.5. The molecule has 2 fully saturated rings. The number of ether oxygens (including phenoxy) is 4. The maximum absolute atomic E-state index is 11.7. The van der Waals surface area contributed by atoms with Gasteiger partial charge >= 0.3 is 11.9 Å². The lowest BCUT2D eigenvalue weighted by molar-refractivity contribution is -0.157. The third-order valence-corrected chi connectivity index (χ3v) is 3.98. The fourth-order valence-corrected chi connectivity index (χ4v) is 2.44. The van der Waals surface area contributed by atoms with E-state index in [4.69, 9.17) is 30.4 Å². The smallest absolute Gasteiger partial charge is 0.323 e. The summed E-state index contributed by atoms with van der Waals surface area (Å²) in [5.74, 6) is -0.956. The molecule has 2 aliphatic rings. The molecule has 2 rings (SSSR count). The van der Waals surface area contributed by atoms with Crippen LogP contribution in [-0.4, -0.2) is 61.7 Å². The van der Waals surface area contributed by atoms with Gasteiger partial charge in [-0.15, -0.1) is 0 Å². The number of nitrogens with two attached hydrogens (primary N) is 2. The minimum absolute atomic E-state index is 0.200. The van der Waals surface area contributed by atoms with E-state index in [-0.39, 0.29) is 13.2 Å². The van der Waals surface area contributed by atoms with E-state index in [1.807, 2.05) is 0 Å². The molecule has 8 heteroatoms. The Morgan fingerprint density at radius 1 is 0.955 bits per heavy atom. The normalized spacial score (nSPS) is 33.1. The summed E-state index contributed by atoms with van der Waals surface area (Å²) in [6.07, 6.45) is -0.947. The second kappa shape index (κ2) is 7.36. The van der Waals surface area contributed by atoms with Crippen LogP contribution in [-0.2, 0) is 28.5 Å². The molecular formula is C14H24N2O6. The zero-order chi connectivity index (χ0) is 16.3. The van der Waals surface area contributed by atoms with Crippen LogP contribution in [0.15, 0.2) is 0 Å². The van der Waals surface area contributed by atoms with Gasteiger partial charge in [0.1, 0.15) is 24.3 Å². The fourth-order valence-electron chi connectivity index (χ4n) is 2.44. The predicted molar refractivity (Wildman–Crippen MR) is 75.8 cm³/mol. The van der Waals surface area contributed by atoms with Gasteiger partial charge < -0.3 is 30.4 Å². The first kappa shape index (κ1) is 17.1. The van der Waals surface area contributed by atoms with Crippen molar-refractivity contribution in [2.75, 3.05) is 13.2 Å². The summed E-state index contributed by atoms with van der Waals surface area (Å²) in [6.45, 7) is 4.01. The topological polar surface area (TPSA) is 123 Å². The summed E-state index contributed by atoms with van der Waals surface area (Å²) in [6, 6.07) is -1.31. The minimum Gasteiger partial charge on any atom is -0.456 e. The second-order valence-electron chi connectivity index (χ2n) is 5.58. The summed E-state index contributed by atoms with van der Waals surface area (Å²) in [5, 5.41) is 0. The van der Waals surface area contributed by atoms with Crippen molar-refractivity contribution in [2.24, 2.45) is 11.5 Å². The molecule has 2 aliphatic heterocycles. The van der Waals surface area contributed by atoms with Crippen LogP contribution in [0.3, 0.4) is 0 Å². The summed E-state index contributed by atoms with van der Waals surface area (Å²) in [5.41, 5.74) is 11.3. The third kappa shape index (κ3) is 3.57. The summed E-state index contributed by atoms with van der Waals surface area (Å²) >= 11 is 0. The molecule has 6 atom stereocenters. The van der Waals surface area contributed by atoms with Crippen molar-refractivity contribution in [3.8, 4) is 0 Å². The molecule has 0 aliphatic carbocycles. The Balaban J connectivity index is 1.89. The van der Waals surface area contributed by atoms with Crippen molar-refractivity contribution in [1.82, 2.24) is 0 Å². The van der Waals surface area contributed by atoms with Gasteiger partial charge in [0, 0.05) is 0 Å². The number of rotatable bonds is 6. The zero-order valence-electron chi connectivity index (χ0n) is 12.9. The Kier molecular flexibility index (Phi) is 5.74. The highest BCUT2D eigenvalue weighted by molar-refractivity contribution is 5.76. The lowest BCUT2D eigenvalue weighted by atomic mass is 10.1. The van der Waals surface area contributed by atoms with E-state index in [0.717, 1.165) is 0 Å². The van der Waals surface area contributed by atoms with Crippen molar-refractivity contribution in [1.29, 1.82) is 0 Å². The largest absolute Gasteiger partial charge is 0.456 e. The first-order valence-electron chi connectivity index (χ1n) is 7.63. The molecule has 126 valence electrons. The molecule has 4 N–H and O–H groups in total. The molecule has 0 radical (unpaired) electrons. The lowest BCUT2D eigenvalue weighted by Gasteiger charge is -2.19. The molecule has 2 heterocycles. The number of hydrogen-bond acceptors (Lipinski definition) is 8. The molecule has 22 heavy (non-hydrogen) atoms. The number of carbonyl (C=O) groups excluding carboxylic acids is 2. The van der Waals surface area contributed by atoms with Crippen molar-refractivity contribution >= 4 is 11.9 Å². The summed E-state index contributed by atoms with van der Waals surface area (Å²) < 4.78 is 21.8. The molecule has 8 nitrogen and oxygen atoms in total. The molecule has 4 unspecified atom stereocenters. The first-order valence-corrected chi connectivity index (χ1v) is 7.63. The number of fused-ring (bicyclic) bond motifs is 1. The van der Waals surface area contributed by atoms with Crippen molar-refractivity contribution < 1.29 is 28.5 Å². The van der Waals surface area contributed by atoms with Crippen molar-refractivity contribution in [3.05, 3.63) is 0 Å². The van der Waals surface area contributed by atoms with Crippen LogP contribution in [0.1, 0.15) is 26.7 Å². The Morgan fingerprint density at radius 2 is 1.32 bits per heavy atom. The highest BCUT2D eigenvalue weighted by Crippen LogP contribution is 2.31. The Labute approximate surface area is 129 Å². The molecule has 0 aromatic carbocycles. The third-order valence-electron chi connectivity index (χ3n) is 3.98. The SMILES string of the molecule is CCC(N)C(=O)O[C@H]1COC2C1OC[C@H]2OC(=O)C(N)CC. The highest BCUT2D eigenvalue weighted by Gasteiger charge is 2.51. The van der Waals surface area contributed by atoms with Gasteiger partial charge in [-0.2, -0.15) is 0 Å². The van der Waals surface area contributed by atoms with Crippen LogP contribution in [0.25, 0.3) is 0 Å². The molecule has 0 saturated carbocycles. The van der Waals surface area contributed by atoms with Crippen molar-refractivity contribution in [2.45, 2.75) is 63.2 Å². The maximum Gasteiger partial charge on any atom is 0.323 e. The zero-order valence-corrected chi connectivity index (χ0v) is 12.9. The number of esters is 2. The average Bonchev–Trinajstić information content (AvgIpc) is 3.09. The van der Waals surface area contributed by atoms with Crippen LogP contribution in [0.5, 0.6) is 0 Å². The molecular weight excluding hydrogens is 292 g/mol. The van der Waals surface area contributed by atoms with Crippen LogP contribution in [0, 0.1) is 0 Å². The second-order valence-corrected chi connectivity index (χ2v) is 5.58. The van der Waals surface area contributed by atoms with Crippen LogP contribution in [0.2, 0.25) is 0 Å². The van der Waals surface area contributed by atoms with E-state index in [2.05, 4.69) is 0 Å². The summed E-state index contributed by atoms with van der Waals surface area (Å²) in [7, 11) is 0. The van der Waals surface area contributed by atoms with Crippen LogP contribution in [0.4, 0.5) is 0 Å². The van der Waals surface area contributed by atoms with Gasteiger partial charge in [0.2, 0.25) is 0 Å². The number of hydrogen-bond donors (Lipinski definition) is 2. The van der Waals surface area contributed by atoms with E-state index < -0.39 is 48.4 Å². The molecule has 0 aromatic rings. The van der Waals surface area contributed by atoms with Crippen LogP contribution < -0.4 is 11.5 Å². The molecule has 0 amide bonds. The van der Waals surface area contributed by atoms with Gasteiger partial charge in [-0.25, -0.2) is 0 Å². The van der Waals surface area contributed by atoms with Gasteiger partial charge in [0.25, 0.3) is 0 Å². The van der Waals surface area contributed by atoms with Crippen LogP contribution >= 0.6 is 0 Å². The van der Waals surface area contributed by atoms with E-state index in [1.165, 1.54) is 0 Å². The predicted octanol–water partition coefficient (Wildman–Crippen LogP) is -0.918. The Morgan fingerprint density at radius 3 is 1.64 bits per heavy atom. The average molecular weight is 316 g/mol.